The van der Waals surface area contributed by atoms with Crippen molar-refractivity contribution in [1.29, 1.82) is 0 Å². The van der Waals surface area contributed by atoms with Gasteiger partial charge in [0.2, 0.25) is 0 Å². The lowest BCUT2D eigenvalue weighted by Gasteiger charge is -2.15. The Hall–Kier alpha value is -2.95. The second-order valence-corrected chi connectivity index (χ2v) is 5.94. The topological polar surface area (TPSA) is 58.1 Å². The Morgan fingerprint density at radius 1 is 1.00 bits per heavy atom. The highest BCUT2D eigenvalue weighted by Gasteiger charge is 2.20. The molecule has 0 bridgehead atoms. The number of hydrogen-bond acceptors (Lipinski definition) is 4. The van der Waals surface area contributed by atoms with Crippen LogP contribution >= 0.6 is 0 Å². The maximum absolute atomic E-state index is 12.3. The largest absolute Gasteiger partial charge is 0.352 e. The number of nitrogens with one attached hydrogen (secondary N) is 1. The van der Waals surface area contributed by atoms with Crippen LogP contribution in [0.3, 0.4) is 0 Å². The molecule has 1 aliphatic rings. The van der Waals surface area contributed by atoms with Crippen molar-refractivity contribution in [2.45, 2.75) is 12.8 Å². The molecule has 0 atom stereocenters. The minimum atomic E-state index is 0.0193. The summed E-state index contributed by atoms with van der Waals surface area (Å²) in [5.41, 5.74) is 3.18. The van der Waals surface area contributed by atoms with Crippen LogP contribution in [0.25, 0.3) is 10.9 Å². The third-order valence-corrected chi connectivity index (χ3v) is 4.29. The Morgan fingerprint density at radius 3 is 2.62 bits per heavy atom. The van der Waals surface area contributed by atoms with Crippen LogP contribution in [0.2, 0.25) is 0 Å². The lowest BCUT2D eigenvalue weighted by molar-refractivity contribution is 0.0787. The third kappa shape index (κ3) is 2.80. The number of para-hydroxylation sites is 1. The number of fused-ring (bicyclic) bond motifs is 1. The van der Waals surface area contributed by atoms with Gasteiger partial charge in [-0.15, -0.1) is 0 Å². The number of likely N-dealkylation sites (tertiary alicyclic amines) is 1. The molecule has 3 heterocycles. The number of carbonyl (C=O) groups excluding carboxylic acids is 1. The van der Waals surface area contributed by atoms with Crippen molar-refractivity contribution in [3.8, 4) is 0 Å². The van der Waals surface area contributed by atoms with Gasteiger partial charge in [-0.25, -0.2) is 4.98 Å². The van der Waals surface area contributed by atoms with Crippen LogP contribution in [0.4, 0.5) is 11.4 Å². The van der Waals surface area contributed by atoms with E-state index in [-0.39, 0.29) is 5.91 Å². The molecule has 1 amide bonds. The summed E-state index contributed by atoms with van der Waals surface area (Å²) in [5.74, 6) is 0.0193. The zero-order valence-electron chi connectivity index (χ0n) is 13.3. The fourth-order valence-electron chi connectivity index (χ4n) is 3.04. The van der Waals surface area contributed by atoms with E-state index < -0.39 is 0 Å². The lowest BCUT2D eigenvalue weighted by Crippen LogP contribution is -2.28. The van der Waals surface area contributed by atoms with Gasteiger partial charge in [0.1, 0.15) is 5.69 Å². The number of carbonyl (C=O) groups is 1. The Balaban J connectivity index is 1.55. The molecule has 1 aromatic carbocycles. The summed E-state index contributed by atoms with van der Waals surface area (Å²) in [7, 11) is 0. The summed E-state index contributed by atoms with van der Waals surface area (Å²) in [5, 5.41) is 4.41. The number of amides is 1. The maximum Gasteiger partial charge on any atom is 0.272 e. The monoisotopic (exact) mass is 318 g/mol. The third-order valence-electron chi connectivity index (χ3n) is 4.29. The summed E-state index contributed by atoms with van der Waals surface area (Å²) in [6, 6.07) is 13.6. The van der Waals surface area contributed by atoms with Gasteiger partial charge in [-0.1, -0.05) is 18.2 Å². The Labute approximate surface area is 140 Å². The predicted molar refractivity (Wildman–Crippen MR) is 94.4 cm³/mol. The molecule has 4 rings (SSSR count). The van der Waals surface area contributed by atoms with Crippen molar-refractivity contribution in [2.24, 2.45) is 0 Å². The van der Waals surface area contributed by atoms with Crippen molar-refractivity contribution < 1.29 is 4.79 Å². The molecule has 0 unspecified atom stereocenters. The summed E-state index contributed by atoms with van der Waals surface area (Å²) in [4.78, 5) is 22.9. The van der Waals surface area contributed by atoms with E-state index in [1.807, 2.05) is 41.3 Å². The predicted octanol–water partition coefficient (Wildman–Crippen LogP) is 3.61. The zero-order valence-corrected chi connectivity index (χ0v) is 13.3. The first-order chi connectivity index (χ1) is 11.8. The van der Waals surface area contributed by atoms with Gasteiger partial charge in [0.25, 0.3) is 5.91 Å². The molecule has 5 heteroatoms. The van der Waals surface area contributed by atoms with E-state index in [9.17, 15) is 4.79 Å². The average Bonchev–Trinajstić information content (AvgIpc) is 3.17. The molecular weight excluding hydrogens is 300 g/mol. The van der Waals surface area contributed by atoms with Crippen molar-refractivity contribution in [1.82, 2.24) is 14.9 Å². The normalized spacial score (nSPS) is 14.1. The van der Waals surface area contributed by atoms with Gasteiger partial charge >= 0.3 is 0 Å². The van der Waals surface area contributed by atoms with E-state index >= 15 is 0 Å². The van der Waals surface area contributed by atoms with Gasteiger partial charge in [0, 0.05) is 24.7 Å². The Bertz CT molecular complexity index is 865. The average molecular weight is 318 g/mol. The number of rotatable bonds is 3. The Kier molecular flexibility index (Phi) is 3.83. The smallest absolute Gasteiger partial charge is 0.272 e. The molecule has 120 valence electrons. The molecule has 2 aromatic heterocycles. The quantitative estimate of drug-likeness (QED) is 0.801. The van der Waals surface area contributed by atoms with Crippen LogP contribution < -0.4 is 5.32 Å². The van der Waals surface area contributed by atoms with Crippen LogP contribution in [-0.2, 0) is 0 Å². The fourth-order valence-corrected chi connectivity index (χ4v) is 3.04. The SMILES string of the molecule is O=C(c1ccc(Nc2cccc3cccnc23)cn1)N1CCCC1. The van der Waals surface area contributed by atoms with E-state index in [1.165, 1.54) is 0 Å². The summed E-state index contributed by atoms with van der Waals surface area (Å²) in [6.07, 6.45) is 5.65. The van der Waals surface area contributed by atoms with Crippen molar-refractivity contribution in [3.63, 3.8) is 0 Å². The second-order valence-electron chi connectivity index (χ2n) is 5.94. The van der Waals surface area contributed by atoms with E-state index in [1.54, 1.807) is 18.5 Å². The van der Waals surface area contributed by atoms with Crippen molar-refractivity contribution in [3.05, 3.63) is 60.6 Å². The molecule has 0 radical (unpaired) electrons. The lowest BCUT2D eigenvalue weighted by atomic mass is 10.2. The fraction of sp³-hybridized carbons (Fsp3) is 0.211. The zero-order chi connectivity index (χ0) is 16.4. The minimum absolute atomic E-state index is 0.0193. The first-order valence-electron chi connectivity index (χ1n) is 8.17. The highest BCUT2D eigenvalue weighted by Crippen LogP contribution is 2.24. The number of nitrogens with zero attached hydrogens (tertiary/aromatic N) is 3. The van der Waals surface area contributed by atoms with Crippen molar-refractivity contribution in [2.75, 3.05) is 18.4 Å². The van der Waals surface area contributed by atoms with Crippen LogP contribution in [0.5, 0.6) is 0 Å². The molecule has 0 spiro atoms. The van der Waals surface area contributed by atoms with Crippen LogP contribution in [0.1, 0.15) is 23.3 Å². The molecule has 24 heavy (non-hydrogen) atoms. The number of hydrogen-bond donors (Lipinski definition) is 1. The van der Waals surface area contributed by atoms with Crippen LogP contribution in [0.15, 0.2) is 54.9 Å². The molecule has 1 fully saturated rings. The molecule has 3 aromatic rings. The number of benzene rings is 1. The number of pyridine rings is 2. The summed E-state index contributed by atoms with van der Waals surface area (Å²) in [6.45, 7) is 1.67. The molecule has 1 saturated heterocycles. The second kappa shape index (κ2) is 6.28. The minimum Gasteiger partial charge on any atom is -0.352 e. The molecular formula is C19H18N4O. The van der Waals surface area contributed by atoms with Crippen LogP contribution in [-0.4, -0.2) is 33.9 Å². The van der Waals surface area contributed by atoms with Gasteiger partial charge < -0.3 is 10.2 Å². The summed E-state index contributed by atoms with van der Waals surface area (Å²) < 4.78 is 0. The van der Waals surface area contributed by atoms with E-state index in [0.29, 0.717) is 5.69 Å². The van der Waals surface area contributed by atoms with Gasteiger partial charge in [-0.05, 0) is 37.1 Å². The Morgan fingerprint density at radius 2 is 1.83 bits per heavy atom. The number of aromatic nitrogens is 2. The first-order valence-corrected chi connectivity index (χ1v) is 8.17. The molecule has 1 aliphatic heterocycles. The van der Waals surface area contributed by atoms with E-state index in [2.05, 4.69) is 15.3 Å². The molecule has 1 N–H and O–H groups in total. The summed E-state index contributed by atoms with van der Waals surface area (Å²) >= 11 is 0. The van der Waals surface area contributed by atoms with Gasteiger partial charge in [0.15, 0.2) is 0 Å². The van der Waals surface area contributed by atoms with Crippen LogP contribution in [0, 0.1) is 0 Å². The molecule has 0 aliphatic carbocycles. The van der Waals surface area contributed by atoms with Gasteiger partial charge in [0.05, 0.1) is 23.1 Å². The van der Waals surface area contributed by atoms with E-state index in [4.69, 9.17) is 0 Å². The van der Waals surface area contributed by atoms with Crippen molar-refractivity contribution >= 4 is 28.2 Å². The maximum atomic E-state index is 12.3. The first kappa shape index (κ1) is 14.6. The molecule has 0 saturated carbocycles. The van der Waals surface area contributed by atoms with Gasteiger partial charge in [-0.2, -0.15) is 0 Å². The number of anilines is 2. The van der Waals surface area contributed by atoms with E-state index in [0.717, 1.165) is 48.2 Å². The molecule has 5 nitrogen and oxygen atoms in total. The van der Waals surface area contributed by atoms with Gasteiger partial charge in [-0.3, -0.25) is 9.78 Å². The highest BCUT2D eigenvalue weighted by atomic mass is 16.2. The standard InChI is InChI=1S/C19H18N4O/c24-19(23-11-1-2-12-23)17-9-8-15(13-21-17)22-16-7-3-5-14-6-4-10-20-18(14)16/h3-10,13,22H,1-2,11-12H2. The highest BCUT2D eigenvalue weighted by molar-refractivity contribution is 5.94.